The Kier molecular flexibility index (Phi) is 10.4. The Bertz CT molecular complexity index is 629. The highest BCUT2D eigenvalue weighted by atomic mass is 127. The molecule has 0 bridgehead atoms. The Balaban J connectivity index is 0.00000364. The molecule has 0 radical (unpaired) electrons. The van der Waals surface area contributed by atoms with Crippen LogP contribution in [0.4, 0.5) is 0 Å². The van der Waals surface area contributed by atoms with Gasteiger partial charge in [0.05, 0.1) is 19.6 Å². The number of hydrogen-bond donors (Lipinski definition) is 1. The predicted octanol–water partition coefficient (Wildman–Crippen LogP) is 1.54. The second kappa shape index (κ2) is 12.0. The van der Waals surface area contributed by atoms with Crippen LogP contribution in [-0.4, -0.2) is 69.4 Å². The molecule has 0 aromatic carbocycles. The molecule has 27 heavy (non-hydrogen) atoms. The molecule has 2 heterocycles. The summed E-state index contributed by atoms with van der Waals surface area (Å²) in [4.78, 5) is 22.6. The van der Waals surface area contributed by atoms with Crippen molar-refractivity contribution >= 4 is 35.9 Å². The van der Waals surface area contributed by atoms with Crippen LogP contribution in [0.3, 0.4) is 0 Å². The van der Waals surface area contributed by atoms with E-state index in [0.29, 0.717) is 32.2 Å². The van der Waals surface area contributed by atoms with Gasteiger partial charge in [0.25, 0.3) is 0 Å². The van der Waals surface area contributed by atoms with E-state index in [2.05, 4.69) is 27.1 Å². The van der Waals surface area contributed by atoms with Crippen molar-refractivity contribution in [3.05, 3.63) is 23.9 Å². The Hall–Kier alpha value is -1.62. The highest BCUT2D eigenvalue weighted by Gasteiger charge is 2.36. The molecular weight excluding hydrogens is 463 g/mol. The first-order chi connectivity index (χ1) is 12.6. The molecule has 2 rings (SSSR count). The normalized spacial score (nSPS) is 19.4. The minimum atomic E-state index is -0.170. The number of esters is 1. The molecule has 9 heteroatoms. The third-order valence-electron chi connectivity index (χ3n) is 4.44. The van der Waals surface area contributed by atoms with Crippen LogP contribution in [0.15, 0.2) is 23.3 Å². The second-order valence-corrected chi connectivity index (χ2v) is 6.22. The van der Waals surface area contributed by atoms with Crippen molar-refractivity contribution in [2.45, 2.75) is 13.5 Å². The molecule has 1 saturated heterocycles. The van der Waals surface area contributed by atoms with Crippen molar-refractivity contribution in [2.75, 3.05) is 47.6 Å². The van der Waals surface area contributed by atoms with Crippen molar-refractivity contribution in [3.63, 3.8) is 0 Å². The van der Waals surface area contributed by atoms with Gasteiger partial charge in [0.2, 0.25) is 5.88 Å². The number of nitrogens with one attached hydrogen (secondary N) is 1. The van der Waals surface area contributed by atoms with Crippen LogP contribution in [0.5, 0.6) is 5.88 Å². The average Bonchev–Trinajstić information content (AvgIpc) is 3.04. The molecule has 2 unspecified atom stereocenters. The first-order valence-electron chi connectivity index (χ1n) is 8.69. The number of rotatable bonds is 7. The van der Waals surface area contributed by atoms with Crippen LogP contribution in [0.2, 0.25) is 0 Å². The lowest BCUT2D eigenvalue weighted by atomic mass is 9.99. The van der Waals surface area contributed by atoms with E-state index in [4.69, 9.17) is 14.2 Å². The Morgan fingerprint density at radius 3 is 2.81 bits per heavy atom. The molecule has 1 aliphatic heterocycles. The zero-order valence-electron chi connectivity index (χ0n) is 16.3. The highest BCUT2D eigenvalue weighted by Crippen LogP contribution is 2.24. The smallest absolute Gasteiger partial charge is 0.310 e. The van der Waals surface area contributed by atoms with Gasteiger partial charge in [0.1, 0.15) is 6.61 Å². The molecule has 1 N–H and O–H groups in total. The number of nitrogens with zero attached hydrogens (tertiary/aromatic N) is 3. The predicted molar refractivity (Wildman–Crippen MR) is 113 cm³/mol. The van der Waals surface area contributed by atoms with E-state index in [1.54, 1.807) is 20.4 Å². The van der Waals surface area contributed by atoms with E-state index in [-0.39, 0.29) is 41.8 Å². The van der Waals surface area contributed by atoms with Crippen molar-refractivity contribution in [1.82, 2.24) is 15.2 Å². The lowest BCUT2D eigenvalue weighted by molar-refractivity contribution is -0.145. The number of pyridine rings is 1. The number of carbonyl (C=O) groups is 1. The summed E-state index contributed by atoms with van der Waals surface area (Å²) in [6.45, 7) is 4.88. The van der Waals surface area contributed by atoms with Crippen molar-refractivity contribution in [1.29, 1.82) is 0 Å². The number of aliphatic imine (C=N–C) groups is 1. The molecule has 1 fully saturated rings. The molecule has 0 spiro atoms. The van der Waals surface area contributed by atoms with Gasteiger partial charge in [-0.3, -0.25) is 9.79 Å². The van der Waals surface area contributed by atoms with E-state index >= 15 is 0 Å². The van der Waals surface area contributed by atoms with Gasteiger partial charge in [0.15, 0.2) is 5.96 Å². The molecule has 1 aliphatic rings. The number of halogens is 1. The first kappa shape index (κ1) is 23.4. The maximum Gasteiger partial charge on any atom is 0.310 e. The van der Waals surface area contributed by atoms with Gasteiger partial charge in [-0.2, -0.15) is 0 Å². The number of hydrogen-bond acceptors (Lipinski definition) is 6. The van der Waals surface area contributed by atoms with Crippen LogP contribution in [0.1, 0.15) is 12.5 Å². The fourth-order valence-electron chi connectivity index (χ4n) is 3.01. The number of carbonyl (C=O) groups excluding carboxylic acids is 1. The average molecular weight is 492 g/mol. The Labute approximate surface area is 177 Å². The summed E-state index contributed by atoms with van der Waals surface area (Å²) in [6, 6.07) is 3.83. The summed E-state index contributed by atoms with van der Waals surface area (Å²) >= 11 is 0. The molecule has 8 nitrogen and oxygen atoms in total. The third kappa shape index (κ3) is 6.49. The summed E-state index contributed by atoms with van der Waals surface area (Å²) in [5.74, 6) is 1.23. The van der Waals surface area contributed by atoms with Crippen LogP contribution in [-0.2, 0) is 20.8 Å². The zero-order valence-corrected chi connectivity index (χ0v) is 18.6. The van der Waals surface area contributed by atoms with Gasteiger partial charge in [-0.25, -0.2) is 4.98 Å². The number of likely N-dealkylation sites (tertiary alicyclic amines) is 1. The maximum absolute atomic E-state index is 11.9. The third-order valence-corrected chi connectivity index (χ3v) is 4.44. The largest absolute Gasteiger partial charge is 0.475 e. The van der Waals surface area contributed by atoms with E-state index in [1.165, 1.54) is 7.11 Å². The van der Waals surface area contributed by atoms with E-state index in [1.807, 2.05) is 12.1 Å². The van der Waals surface area contributed by atoms with Gasteiger partial charge < -0.3 is 24.4 Å². The van der Waals surface area contributed by atoms with Gasteiger partial charge in [-0.15, -0.1) is 24.0 Å². The van der Waals surface area contributed by atoms with Gasteiger partial charge in [-0.05, 0) is 12.0 Å². The number of methoxy groups -OCH3 is 2. The van der Waals surface area contributed by atoms with Crippen LogP contribution >= 0.6 is 24.0 Å². The highest BCUT2D eigenvalue weighted by molar-refractivity contribution is 14.0. The maximum atomic E-state index is 11.9. The number of aromatic nitrogens is 1. The minimum Gasteiger partial charge on any atom is -0.475 e. The number of ether oxygens (including phenoxy) is 3. The molecule has 1 aromatic rings. The summed E-state index contributed by atoms with van der Waals surface area (Å²) < 4.78 is 15.6. The second-order valence-electron chi connectivity index (χ2n) is 6.22. The summed E-state index contributed by atoms with van der Waals surface area (Å²) in [5, 5.41) is 3.33. The molecule has 0 aliphatic carbocycles. The fourth-order valence-corrected chi connectivity index (χ4v) is 3.01. The van der Waals surface area contributed by atoms with Crippen molar-refractivity contribution < 1.29 is 19.0 Å². The Morgan fingerprint density at radius 2 is 2.15 bits per heavy atom. The van der Waals surface area contributed by atoms with Crippen LogP contribution < -0.4 is 10.1 Å². The lowest BCUT2D eigenvalue weighted by Crippen LogP contribution is -2.40. The van der Waals surface area contributed by atoms with Crippen molar-refractivity contribution in [2.24, 2.45) is 16.8 Å². The quantitative estimate of drug-likeness (QED) is 0.203. The Morgan fingerprint density at radius 1 is 1.37 bits per heavy atom. The topological polar surface area (TPSA) is 85.3 Å². The summed E-state index contributed by atoms with van der Waals surface area (Å²) in [5.41, 5.74) is 0.932. The van der Waals surface area contributed by atoms with E-state index in [9.17, 15) is 4.79 Å². The minimum absolute atomic E-state index is 0. The SMILES string of the molecule is CN=C(NCc1cccnc1OCCOC)N1CC(C)C(C(=O)OC)C1.I. The van der Waals surface area contributed by atoms with Crippen LogP contribution in [0.25, 0.3) is 0 Å². The van der Waals surface area contributed by atoms with E-state index < -0.39 is 0 Å². The standard InChI is InChI=1S/C18H28N4O4.HI/c1-13-11-22(12-15(13)17(23)25-4)18(19-2)21-10-14-6-5-7-20-16(14)26-9-8-24-3;/h5-7,13,15H,8-12H2,1-4H3,(H,19,21);1H. The van der Waals surface area contributed by atoms with Gasteiger partial charge in [0, 0.05) is 45.6 Å². The zero-order chi connectivity index (χ0) is 18.9. The van der Waals surface area contributed by atoms with Gasteiger partial charge in [-0.1, -0.05) is 13.0 Å². The van der Waals surface area contributed by atoms with E-state index in [0.717, 1.165) is 18.1 Å². The molecular formula is C18H29IN4O4. The summed E-state index contributed by atoms with van der Waals surface area (Å²) in [7, 11) is 4.79. The summed E-state index contributed by atoms with van der Waals surface area (Å²) in [6.07, 6.45) is 1.70. The number of guanidine groups is 1. The molecule has 152 valence electrons. The molecule has 0 amide bonds. The lowest BCUT2D eigenvalue weighted by Gasteiger charge is -2.22. The molecule has 0 saturated carbocycles. The molecule has 1 aromatic heterocycles. The van der Waals surface area contributed by atoms with Gasteiger partial charge >= 0.3 is 5.97 Å². The monoisotopic (exact) mass is 492 g/mol. The van der Waals surface area contributed by atoms with Crippen molar-refractivity contribution in [3.8, 4) is 5.88 Å². The molecule has 2 atom stereocenters. The van der Waals surface area contributed by atoms with Crippen LogP contribution in [0, 0.1) is 11.8 Å². The first-order valence-corrected chi connectivity index (χ1v) is 8.69. The fraction of sp³-hybridized carbons (Fsp3) is 0.611.